The number of halogens is 3. The molecule has 4 aromatic heterocycles. The van der Waals surface area contributed by atoms with Crippen molar-refractivity contribution in [3.05, 3.63) is 95.7 Å². The van der Waals surface area contributed by atoms with Crippen LogP contribution in [-0.4, -0.2) is 62.3 Å². The molecule has 1 fully saturated rings. The first-order valence-electron chi connectivity index (χ1n) is 13.1. The summed E-state index contributed by atoms with van der Waals surface area (Å²) >= 11 is 0. The third-order valence-corrected chi connectivity index (χ3v) is 8.49. The van der Waals surface area contributed by atoms with Crippen LogP contribution < -0.4 is 5.32 Å². The number of benzene rings is 1. The summed E-state index contributed by atoms with van der Waals surface area (Å²) in [5, 5.41) is 11.8. The van der Waals surface area contributed by atoms with Crippen molar-refractivity contribution in [3.8, 4) is 5.69 Å². The standard InChI is InChI=1S/C28H25F3N8O2S.H2O/c1-18-6-8-20(9-7-18)39-24(35-27(40)21-17-33-38-13-3-12-32-26(21)38)16-22(36-39)19-10-14-37(15-11-19)42(41)25-5-2-4-23(34-25)28(29,30)31;/h2-9,12-13,16-17,19H,10-11,14-15H2,1H3,(H,35,40);1H2. The number of anilines is 1. The molecule has 5 aromatic rings. The van der Waals surface area contributed by atoms with Crippen LogP contribution in [0.2, 0.25) is 0 Å². The topological polar surface area (TPSA) is 142 Å². The van der Waals surface area contributed by atoms with Gasteiger partial charge in [-0.05, 0) is 50.1 Å². The number of pyridine rings is 1. The summed E-state index contributed by atoms with van der Waals surface area (Å²) in [5.41, 5.74) is 2.24. The number of hydrogen-bond donors (Lipinski definition) is 1. The molecule has 11 nitrogen and oxygen atoms in total. The first-order valence-corrected chi connectivity index (χ1v) is 14.3. The second-order valence-corrected chi connectivity index (χ2v) is 11.3. The highest BCUT2D eigenvalue weighted by Gasteiger charge is 2.34. The number of alkyl halides is 3. The van der Waals surface area contributed by atoms with Crippen molar-refractivity contribution in [2.24, 2.45) is 0 Å². The largest absolute Gasteiger partial charge is 0.433 e. The van der Waals surface area contributed by atoms with Crippen molar-refractivity contribution in [2.45, 2.75) is 36.9 Å². The SMILES string of the molecule is Cc1ccc(-n2nc(C3CCN(S(=O)c4cccc(C(F)(F)F)n4)CC3)cc2NC(=O)c2cnn3cccnc23)cc1.O. The Morgan fingerprint density at radius 1 is 1.07 bits per heavy atom. The normalized spacial score (nSPS) is 15.3. The van der Waals surface area contributed by atoms with Crippen LogP contribution in [0.1, 0.15) is 46.1 Å². The predicted octanol–water partition coefficient (Wildman–Crippen LogP) is 3.97. The third kappa shape index (κ3) is 6.18. The van der Waals surface area contributed by atoms with Crippen molar-refractivity contribution in [1.29, 1.82) is 0 Å². The molecule has 1 aliphatic rings. The molecule has 1 unspecified atom stereocenters. The highest BCUT2D eigenvalue weighted by molar-refractivity contribution is 7.82. The number of aryl methyl sites for hydroxylation is 1. The Hall–Kier alpha value is -4.47. The lowest BCUT2D eigenvalue weighted by atomic mass is 9.95. The van der Waals surface area contributed by atoms with E-state index in [2.05, 4.69) is 20.4 Å². The van der Waals surface area contributed by atoms with Gasteiger partial charge in [0.15, 0.2) is 5.65 Å². The van der Waals surface area contributed by atoms with Gasteiger partial charge in [-0.25, -0.2) is 27.7 Å². The molecule has 3 N–H and O–H groups in total. The van der Waals surface area contributed by atoms with Crippen LogP contribution in [0.15, 0.2) is 78.2 Å². The van der Waals surface area contributed by atoms with E-state index in [4.69, 9.17) is 5.10 Å². The van der Waals surface area contributed by atoms with Crippen LogP contribution >= 0.6 is 0 Å². The summed E-state index contributed by atoms with van der Waals surface area (Å²) in [6.07, 6.45) is 1.28. The number of carbonyl (C=O) groups is 1. The van der Waals surface area contributed by atoms with Gasteiger partial charge in [-0.1, -0.05) is 23.8 Å². The zero-order valence-corrected chi connectivity index (χ0v) is 23.6. The maximum atomic E-state index is 13.3. The number of rotatable bonds is 6. The summed E-state index contributed by atoms with van der Waals surface area (Å²) in [6, 6.07) is 14.7. The van der Waals surface area contributed by atoms with Crippen LogP contribution in [0.25, 0.3) is 11.3 Å². The number of amides is 1. The summed E-state index contributed by atoms with van der Waals surface area (Å²) in [5.74, 6) is 0.0596. The maximum absolute atomic E-state index is 13.3. The van der Waals surface area contributed by atoms with Gasteiger partial charge in [0.25, 0.3) is 5.91 Å². The van der Waals surface area contributed by atoms with Gasteiger partial charge in [0.2, 0.25) is 0 Å². The van der Waals surface area contributed by atoms with Gasteiger partial charge in [-0.3, -0.25) is 4.79 Å². The Bertz CT molecular complexity index is 1780. The molecule has 0 bridgehead atoms. The molecular formula is C28H27F3N8O3S. The van der Waals surface area contributed by atoms with Gasteiger partial charge in [0.1, 0.15) is 33.1 Å². The Kier molecular flexibility index (Phi) is 8.39. The van der Waals surface area contributed by atoms with E-state index < -0.39 is 22.9 Å². The van der Waals surface area contributed by atoms with Crippen molar-refractivity contribution in [1.82, 2.24) is 33.7 Å². The summed E-state index contributed by atoms with van der Waals surface area (Å²) in [4.78, 5) is 21.1. The Balaban J connectivity index is 0.00000368. The molecule has 0 spiro atoms. The van der Waals surface area contributed by atoms with Crippen molar-refractivity contribution >= 4 is 28.4 Å². The van der Waals surface area contributed by atoms with E-state index in [9.17, 15) is 22.2 Å². The Morgan fingerprint density at radius 2 is 1.81 bits per heavy atom. The van der Waals surface area contributed by atoms with E-state index in [0.29, 0.717) is 43.0 Å². The number of nitrogens with zero attached hydrogens (tertiary/aromatic N) is 7. The van der Waals surface area contributed by atoms with E-state index in [0.717, 1.165) is 23.0 Å². The van der Waals surface area contributed by atoms with Gasteiger partial charge in [0, 0.05) is 37.5 Å². The highest BCUT2D eigenvalue weighted by atomic mass is 32.2. The lowest BCUT2D eigenvalue weighted by molar-refractivity contribution is -0.141. The lowest BCUT2D eigenvalue weighted by Gasteiger charge is -2.29. The second-order valence-electron chi connectivity index (χ2n) is 9.91. The number of aromatic nitrogens is 6. The van der Waals surface area contributed by atoms with Gasteiger partial charge < -0.3 is 10.8 Å². The fourth-order valence-electron chi connectivity index (χ4n) is 4.86. The number of fused-ring (bicyclic) bond motifs is 1. The van der Waals surface area contributed by atoms with Gasteiger partial charge in [0.05, 0.1) is 17.6 Å². The molecule has 1 saturated heterocycles. The van der Waals surface area contributed by atoms with E-state index in [1.165, 1.54) is 22.8 Å². The van der Waals surface area contributed by atoms with Gasteiger partial charge in [-0.15, -0.1) is 0 Å². The van der Waals surface area contributed by atoms with Gasteiger partial charge in [-0.2, -0.15) is 23.4 Å². The lowest BCUT2D eigenvalue weighted by Crippen LogP contribution is -2.35. The Morgan fingerprint density at radius 3 is 2.53 bits per heavy atom. The van der Waals surface area contributed by atoms with E-state index in [1.807, 2.05) is 37.3 Å². The highest BCUT2D eigenvalue weighted by Crippen LogP contribution is 2.33. The number of carbonyl (C=O) groups excluding carboxylic acids is 1. The van der Waals surface area contributed by atoms with E-state index >= 15 is 0 Å². The number of piperidine rings is 1. The van der Waals surface area contributed by atoms with Crippen LogP contribution in [-0.2, 0) is 17.2 Å². The third-order valence-electron chi connectivity index (χ3n) is 7.07. The minimum Gasteiger partial charge on any atom is -0.412 e. The molecular weight excluding hydrogens is 585 g/mol. The molecule has 0 aliphatic carbocycles. The van der Waals surface area contributed by atoms with Crippen molar-refractivity contribution in [2.75, 3.05) is 18.4 Å². The monoisotopic (exact) mass is 612 g/mol. The smallest absolute Gasteiger partial charge is 0.412 e. The molecule has 224 valence electrons. The minimum absolute atomic E-state index is 0. The number of nitrogens with one attached hydrogen (secondary N) is 1. The van der Waals surface area contributed by atoms with E-state index in [-0.39, 0.29) is 22.3 Å². The maximum Gasteiger partial charge on any atom is 0.433 e. The minimum atomic E-state index is -4.61. The molecule has 6 rings (SSSR count). The summed E-state index contributed by atoms with van der Waals surface area (Å²) in [7, 11) is -1.83. The molecule has 1 aliphatic heterocycles. The summed E-state index contributed by atoms with van der Waals surface area (Å²) in [6.45, 7) is 2.73. The molecule has 1 amide bonds. The molecule has 0 radical (unpaired) electrons. The first kappa shape index (κ1) is 30.0. The van der Waals surface area contributed by atoms with Crippen LogP contribution in [0.3, 0.4) is 0 Å². The van der Waals surface area contributed by atoms with Crippen molar-refractivity contribution in [3.63, 3.8) is 0 Å². The fourth-order valence-corrected chi connectivity index (χ4v) is 6.04. The fraction of sp³-hybridized carbons (Fsp3) is 0.250. The molecule has 1 aromatic carbocycles. The average Bonchev–Trinajstić information content (AvgIpc) is 3.62. The van der Waals surface area contributed by atoms with E-state index in [1.54, 1.807) is 27.4 Å². The quantitative estimate of drug-likeness (QED) is 0.308. The zero-order valence-electron chi connectivity index (χ0n) is 22.8. The molecule has 5 heterocycles. The summed E-state index contributed by atoms with van der Waals surface area (Å²) < 4.78 is 57.2. The molecule has 15 heteroatoms. The predicted molar refractivity (Wildman–Crippen MR) is 152 cm³/mol. The van der Waals surface area contributed by atoms with Crippen LogP contribution in [0.4, 0.5) is 19.0 Å². The second kappa shape index (κ2) is 12.0. The average molecular weight is 613 g/mol. The zero-order chi connectivity index (χ0) is 29.4. The first-order chi connectivity index (χ1) is 20.2. The molecule has 0 saturated carbocycles. The van der Waals surface area contributed by atoms with Crippen LogP contribution in [0.5, 0.6) is 0 Å². The molecule has 1 atom stereocenters. The number of hydrogen-bond acceptors (Lipinski definition) is 6. The van der Waals surface area contributed by atoms with Crippen molar-refractivity contribution < 1.29 is 27.7 Å². The van der Waals surface area contributed by atoms with Gasteiger partial charge >= 0.3 is 6.18 Å². The van der Waals surface area contributed by atoms with Crippen LogP contribution in [0, 0.1) is 6.92 Å². The Labute approximate surface area is 246 Å². The molecule has 43 heavy (non-hydrogen) atoms.